The third-order valence-electron chi connectivity index (χ3n) is 3.93. The number of hydrogen-bond acceptors (Lipinski definition) is 5. The molecule has 1 N–H and O–H groups in total. The molecule has 1 spiro atoms. The Morgan fingerprint density at radius 1 is 1.20 bits per heavy atom. The summed E-state index contributed by atoms with van der Waals surface area (Å²) in [5.41, 5.74) is -0.305. The normalized spacial score (nSPS) is 23.2. The standard InChI is InChI=1S/C13H18N2O3S2/c16-20(17,12-3-1-11(19)2-4-12)15-8-5-13(6-9-15)14-7-10-18-13/h1-4,14,19H,5-10H2. The van der Waals surface area contributed by atoms with Gasteiger partial charge in [-0.3, -0.25) is 5.32 Å². The minimum Gasteiger partial charge on any atom is -0.359 e. The van der Waals surface area contributed by atoms with Crippen LogP contribution >= 0.6 is 12.6 Å². The van der Waals surface area contributed by atoms with E-state index < -0.39 is 10.0 Å². The largest absolute Gasteiger partial charge is 0.359 e. The second-order valence-electron chi connectivity index (χ2n) is 5.17. The van der Waals surface area contributed by atoms with E-state index in [0.717, 1.165) is 11.4 Å². The van der Waals surface area contributed by atoms with E-state index in [1.165, 1.54) is 4.31 Å². The molecule has 0 radical (unpaired) electrons. The molecule has 2 aliphatic rings. The molecule has 1 aromatic rings. The summed E-state index contributed by atoms with van der Waals surface area (Å²) in [7, 11) is -3.41. The predicted molar refractivity (Wildman–Crippen MR) is 78.4 cm³/mol. The molecule has 0 amide bonds. The molecule has 2 fully saturated rings. The van der Waals surface area contributed by atoms with Gasteiger partial charge in [-0.05, 0) is 24.3 Å². The molecule has 110 valence electrons. The van der Waals surface area contributed by atoms with E-state index in [2.05, 4.69) is 17.9 Å². The summed E-state index contributed by atoms with van der Waals surface area (Å²) in [6, 6.07) is 6.60. The topological polar surface area (TPSA) is 58.6 Å². The van der Waals surface area contributed by atoms with Crippen molar-refractivity contribution in [2.75, 3.05) is 26.2 Å². The number of piperidine rings is 1. The average molecular weight is 314 g/mol. The van der Waals surface area contributed by atoms with Crippen LogP contribution in [0, 0.1) is 0 Å². The van der Waals surface area contributed by atoms with E-state index in [4.69, 9.17) is 4.74 Å². The van der Waals surface area contributed by atoms with Crippen LogP contribution in [0.25, 0.3) is 0 Å². The van der Waals surface area contributed by atoms with Crippen molar-refractivity contribution < 1.29 is 13.2 Å². The quantitative estimate of drug-likeness (QED) is 0.802. The number of hydrogen-bond donors (Lipinski definition) is 2. The number of nitrogens with zero attached hydrogens (tertiary/aromatic N) is 1. The van der Waals surface area contributed by atoms with Crippen molar-refractivity contribution in [2.45, 2.75) is 28.4 Å². The molecule has 0 saturated carbocycles. The molecule has 0 aliphatic carbocycles. The highest BCUT2D eigenvalue weighted by Crippen LogP contribution is 2.29. The number of nitrogens with one attached hydrogen (secondary N) is 1. The molecule has 0 bridgehead atoms. The summed E-state index contributed by atoms with van der Waals surface area (Å²) in [5.74, 6) is 0. The van der Waals surface area contributed by atoms with Gasteiger partial charge in [0, 0.05) is 37.4 Å². The first-order chi connectivity index (χ1) is 9.52. The monoisotopic (exact) mass is 314 g/mol. The number of sulfonamides is 1. The molecule has 5 nitrogen and oxygen atoms in total. The lowest BCUT2D eigenvalue weighted by atomic mass is 10.0. The van der Waals surface area contributed by atoms with E-state index >= 15 is 0 Å². The summed E-state index contributed by atoms with van der Waals surface area (Å²) in [6.07, 6.45) is 1.38. The first-order valence-electron chi connectivity index (χ1n) is 6.70. The van der Waals surface area contributed by atoms with E-state index in [1.54, 1.807) is 24.3 Å². The fraction of sp³-hybridized carbons (Fsp3) is 0.538. The third-order valence-corrected chi connectivity index (χ3v) is 6.14. The SMILES string of the molecule is O=S(=O)(c1ccc(S)cc1)N1CCC2(CC1)NCCO2. The molecule has 2 saturated heterocycles. The third kappa shape index (κ3) is 2.60. The number of thiol groups is 1. The van der Waals surface area contributed by atoms with Crippen LogP contribution in [0.3, 0.4) is 0 Å². The maximum atomic E-state index is 12.5. The van der Waals surface area contributed by atoms with Crippen LogP contribution in [0.1, 0.15) is 12.8 Å². The molecular weight excluding hydrogens is 296 g/mol. The van der Waals surface area contributed by atoms with Gasteiger partial charge in [0.25, 0.3) is 0 Å². The lowest BCUT2D eigenvalue weighted by Gasteiger charge is -2.37. The molecule has 0 atom stereocenters. The molecule has 2 heterocycles. The van der Waals surface area contributed by atoms with Crippen molar-refractivity contribution in [3.63, 3.8) is 0 Å². The van der Waals surface area contributed by atoms with Gasteiger partial charge in [-0.15, -0.1) is 12.6 Å². The fourth-order valence-corrected chi connectivity index (χ4v) is 4.34. The van der Waals surface area contributed by atoms with Crippen molar-refractivity contribution in [3.05, 3.63) is 24.3 Å². The van der Waals surface area contributed by atoms with Crippen molar-refractivity contribution in [1.82, 2.24) is 9.62 Å². The van der Waals surface area contributed by atoms with Gasteiger partial charge in [0.1, 0.15) is 5.72 Å². The smallest absolute Gasteiger partial charge is 0.243 e. The van der Waals surface area contributed by atoms with Crippen LogP contribution in [-0.2, 0) is 14.8 Å². The Kier molecular flexibility index (Phi) is 3.81. The molecule has 7 heteroatoms. The van der Waals surface area contributed by atoms with Gasteiger partial charge in [0.05, 0.1) is 11.5 Å². The second-order valence-corrected chi connectivity index (χ2v) is 7.62. The van der Waals surface area contributed by atoms with Crippen LogP contribution in [0.5, 0.6) is 0 Å². The molecule has 0 unspecified atom stereocenters. The minimum absolute atomic E-state index is 0.305. The van der Waals surface area contributed by atoms with Gasteiger partial charge >= 0.3 is 0 Å². The van der Waals surface area contributed by atoms with Crippen LogP contribution in [0.4, 0.5) is 0 Å². The van der Waals surface area contributed by atoms with Gasteiger partial charge in [-0.2, -0.15) is 4.31 Å². The number of benzene rings is 1. The molecule has 3 rings (SSSR count). The maximum absolute atomic E-state index is 12.5. The first kappa shape index (κ1) is 14.3. The highest BCUT2D eigenvalue weighted by Gasteiger charge is 2.41. The van der Waals surface area contributed by atoms with Crippen molar-refractivity contribution >= 4 is 22.7 Å². The summed E-state index contributed by atoms with van der Waals surface area (Å²) < 4.78 is 32.3. The number of ether oxygens (including phenoxy) is 1. The van der Waals surface area contributed by atoms with Crippen LogP contribution in [-0.4, -0.2) is 44.7 Å². The van der Waals surface area contributed by atoms with Gasteiger partial charge in [-0.25, -0.2) is 8.42 Å². The summed E-state index contributed by atoms with van der Waals surface area (Å²) in [5, 5.41) is 3.34. The molecular formula is C13H18N2O3S2. The van der Waals surface area contributed by atoms with Gasteiger partial charge in [0.2, 0.25) is 10.0 Å². The fourth-order valence-electron chi connectivity index (χ4n) is 2.75. The van der Waals surface area contributed by atoms with Crippen molar-refractivity contribution in [1.29, 1.82) is 0 Å². The Balaban J connectivity index is 1.75. The lowest BCUT2D eigenvalue weighted by Crippen LogP contribution is -2.52. The second kappa shape index (κ2) is 5.31. The Morgan fingerprint density at radius 3 is 2.40 bits per heavy atom. The Labute approximate surface area is 124 Å². The van der Waals surface area contributed by atoms with Crippen LogP contribution in [0.2, 0.25) is 0 Å². The minimum atomic E-state index is -3.41. The maximum Gasteiger partial charge on any atom is 0.243 e. The Morgan fingerprint density at radius 2 is 1.85 bits per heavy atom. The molecule has 1 aromatic carbocycles. The van der Waals surface area contributed by atoms with E-state index in [-0.39, 0.29) is 5.72 Å². The lowest BCUT2D eigenvalue weighted by molar-refractivity contribution is -0.0445. The van der Waals surface area contributed by atoms with Gasteiger partial charge in [0.15, 0.2) is 0 Å². The van der Waals surface area contributed by atoms with Gasteiger partial charge in [-0.1, -0.05) is 0 Å². The highest BCUT2D eigenvalue weighted by molar-refractivity contribution is 7.89. The van der Waals surface area contributed by atoms with E-state index in [1.807, 2.05) is 0 Å². The molecule has 0 aromatic heterocycles. The zero-order chi connectivity index (χ0) is 14.2. The summed E-state index contributed by atoms with van der Waals surface area (Å²) in [4.78, 5) is 1.08. The summed E-state index contributed by atoms with van der Waals surface area (Å²) in [6.45, 7) is 2.52. The average Bonchev–Trinajstić information content (AvgIpc) is 2.88. The zero-order valence-corrected chi connectivity index (χ0v) is 12.8. The van der Waals surface area contributed by atoms with E-state index in [9.17, 15) is 8.42 Å². The number of rotatable bonds is 2. The van der Waals surface area contributed by atoms with Crippen LogP contribution < -0.4 is 5.32 Å². The zero-order valence-electron chi connectivity index (χ0n) is 11.1. The van der Waals surface area contributed by atoms with Gasteiger partial charge < -0.3 is 4.74 Å². The predicted octanol–water partition coefficient (Wildman–Crippen LogP) is 1.08. The van der Waals surface area contributed by atoms with Crippen molar-refractivity contribution in [3.8, 4) is 0 Å². The molecule has 20 heavy (non-hydrogen) atoms. The highest BCUT2D eigenvalue weighted by atomic mass is 32.2. The molecule has 2 aliphatic heterocycles. The van der Waals surface area contributed by atoms with E-state index in [0.29, 0.717) is 37.4 Å². The first-order valence-corrected chi connectivity index (χ1v) is 8.59. The van der Waals surface area contributed by atoms with Crippen LogP contribution in [0.15, 0.2) is 34.1 Å². The van der Waals surface area contributed by atoms with Crippen molar-refractivity contribution in [2.24, 2.45) is 0 Å². The Hall–Kier alpha value is -0.600. The summed E-state index contributed by atoms with van der Waals surface area (Å²) >= 11 is 4.18. The Bertz CT molecular complexity index is 570.